The van der Waals surface area contributed by atoms with Crippen LogP contribution in [0.15, 0.2) is 89.4 Å². The highest BCUT2D eigenvalue weighted by Gasteiger charge is 2.52. The van der Waals surface area contributed by atoms with Gasteiger partial charge in [0.25, 0.3) is 0 Å². The zero-order valence-corrected chi connectivity index (χ0v) is 16.7. The molecule has 1 spiro atoms. The molecule has 0 saturated carbocycles. The van der Waals surface area contributed by atoms with E-state index in [2.05, 4.69) is 94.8 Å². The molecule has 0 amide bonds. The van der Waals surface area contributed by atoms with Crippen molar-refractivity contribution in [1.29, 1.82) is 0 Å². The normalized spacial score (nSPS) is 18.1. The highest BCUT2D eigenvalue weighted by Crippen LogP contribution is 2.64. The van der Waals surface area contributed by atoms with Crippen LogP contribution in [0.1, 0.15) is 22.3 Å². The summed E-state index contributed by atoms with van der Waals surface area (Å²) in [4.78, 5) is 0. The van der Waals surface area contributed by atoms with Crippen molar-refractivity contribution in [3.63, 3.8) is 0 Å². The first-order valence-corrected chi connectivity index (χ1v) is 10.2. The first kappa shape index (κ1) is 15.7. The predicted molar refractivity (Wildman–Crippen MR) is 115 cm³/mol. The summed E-state index contributed by atoms with van der Waals surface area (Å²) in [5.74, 6) is 0. The standard InChI is InChI=1S/C25H14BrCl/c26-15-12-13-18-16-6-1-3-9-20(16)25(22(18)14-15)21-10-4-2-7-17(21)19-8-5-11-23(27)24(19)25/h1-14H. The molecule has 2 aliphatic carbocycles. The largest absolute Gasteiger partial charge is 0.0840 e. The maximum atomic E-state index is 6.89. The van der Waals surface area contributed by atoms with Crippen LogP contribution in [0.25, 0.3) is 22.3 Å². The number of halogens is 2. The Morgan fingerprint density at radius 3 is 1.93 bits per heavy atom. The van der Waals surface area contributed by atoms with Crippen LogP contribution in [0.2, 0.25) is 5.02 Å². The Hall–Kier alpha value is -2.35. The van der Waals surface area contributed by atoms with Gasteiger partial charge < -0.3 is 0 Å². The first-order valence-electron chi connectivity index (χ1n) is 9.01. The lowest BCUT2D eigenvalue weighted by molar-refractivity contribution is 0.793. The lowest BCUT2D eigenvalue weighted by Gasteiger charge is -2.31. The first-order chi connectivity index (χ1) is 13.2. The number of rotatable bonds is 0. The van der Waals surface area contributed by atoms with Crippen LogP contribution < -0.4 is 0 Å². The molecule has 2 heteroatoms. The van der Waals surface area contributed by atoms with Crippen molar-refractivity contribution in [3.8, 4) is 22.3 Å². The fourth-order valence-corrected chi connectivity index (χ4v) is 5.80. The van der Waals surface area contributed by atoms with E-state index in [0.29, 0.717) is 0 Å². The van der Waals surface area contributed by atoms with E-state index in [1.807, 2.05) is 6.07 Å². The Morgan fingerprint density at radius 1 is 0.593 bits per heavy atom. The molecule has 27 heavy (non-hydrogen) atoms. The zero-order chi connectivity index (χ0) is 18.2. The second-order valence-corrected chi connectivity index (χ2v) is 8.52. The van der Waals surface area contributed by atoms with Crippen LogP contribution in [-0.2, 0) is 5.41 Å². The van der Waals surface area contributed by atoms with E-state index in [0.717, 1.165) is 9.50 Å². The quantitative estimate of drug-likeness (QED) is 0.235. The molecule has 0 heterocycles. The SMILES string of the molecule is Clc1cccc2c1C1(c3ccccc3-c3ccc(Br)cc31)c1ccccc1-2. The van der Waals surface area contributed by atoms with Gasteiger partial charge in [-0.2, -0.15) is 0 Å². The topological polar surface area (TPSA) is 0 Å². The maximum Gasteiger partial charge on any atom is 0.0740 e. The lowest BCUT2D eigenvalue weighted by atomic mass is 9.70. The Bertz CT molecular complexity index is 1240. The molecule has 2 aliphatic rings. The smallest absolute Gasteiger partial charge is 0.0740 e. The molecule has 6 rings (SSSR count). The summed E-state index contributed by atoms with van der Waals surface area (Å²) >= 11 is 10.6. The number of fused-ring (bicyclic) bond motifs is 10. The Labute approximate surface area is 171 Å². The van der Waals surface area contributed by atoms with Crippen molar-refractivity contribution in [2.45, 2.75) is 5.41 Å². The van der Waals surface area contributed by atoms with Gasteiger partial charge in [0.2, 0.25) is 0 Å². The average molecular weight is 430 g/mol. The summed E-state index contributed by atoms with van der Waals surface area (Å²) in [6.07, 6.45) is 0. The van der Waals surface area contributed by atoms with Crippen LogP contribution >= 0.6 is 27.5 Å². The van der Waals surface area contributed by atoms with E-state index in [1.165, 1.54) is 44.5 Å². The molecule has 0 nitrogen and oxygen atoms in total. The molecular formula is C25H14BrCl. The van der Waals surface area contributed by atoms with Crippen molar-refractivity contribution in [2.24, 2.45) is 0 Å². The van der Waals surface area contributed by atoms with Gasteiger partial charge >= 0.3 is 0 Å². The summed E-state index contributed by atoms with van der Waals surface area (Å²) in [6, 6.07) is 30.4. The minimum Gasteiger partial charge on any atom is -0.0840 e. The molecule has 0 aromatic heterocycles. The van der Waals surface area contributed by atoms with Crippen molar-refractivity contribution < 1.29 is 0 Å². The molecule has 0 aliphatic heterocycles. The fraction of sp³-hybridized carbons (Fsp3) is 0.0400. The van der Waals surface area contributed by atoms with Crippen LogP contribution in [0.5, 0.6) is 0 Å². The predicted octanol–water partition coefficient (Wildman–Crippen LogP) is 7.45. The Morgan fingerprint density at radius 2 is 1.19 bits per heavy atom. The zero-order valence-electron chi connectivity index (χ0n) is 14.3. The third kappa shape index (κ3) is 1.79. The van der Waals surface area contributed by atoms with Gasteiger partial charge in [0.1, 0.15) is 0 Å². The highest BCUT2D eigenvalue weighted by molar-refractivity contribution is 9.10. The van der Waals surface area contributed by atoms with Crippen molar-refractivity contribution in [2.75, 3.05) is 0 Å². The van der Waals surface area contributed by atoms with Gasteiger partial charge in [-0.05, 0) is 62.7 Å². The summed E-state index contributed by atoms with van der Waals surface area (Å²) in [5.41, 5.74) is 9.88. The van der Waals surface area contributed by atoms with E-state index < -0.39 is 0 Å². The summed E-state index contributed by atoms with van der Waals surface area (Å²) in [6.45, 7) is 0. The van der Waals surface area contributed by atoms with Gasteiger partial charge in [0, 0.05) is 9.50 Å². The lowest BCUT2D eigenvalue weighted by Crippen LogP contribution is -2.26. The summed E-state index contributed by atoms with van der Waals surface area (Å²) in [5, 5.41) is 0.825. The van der Waals surface area contributed by atoms with Crippen LogP contribution in [0.4, 0.5) is 0 Å². The van der Waals surface area contributed by atoms with E-state index in [-0.39, 0.29) is 5.41 Å². The number of hydrogen-bond acceptors (Lipinski definition) is 0. The molecule has 128 valence electrons. The maximum absolute atomic E-state index is 6.89. The minimum absolute atomic E-state index is 0.361. The Kier molecular flexibility index (Phi) is 3.10. The summed E-state index contributed by atoms with van der Waals surface area (Å²) in [7, 11) is 0. The molecule has 0 fully saturated rings. The number of benzene rings is 4. The Balaban J connectivity index is 1.90. The molecule has 4 aromatic carbocycles. The van der Waals surface area contributed by atoms with Gasteiger partial charge in [0.15, 0.2) is 0 Å². The monoisotopic (exact) mass is 428 g/mol. The van der Waals surface area contributed by atoms with E-state index >= 15 is 0 Å². The van der Waals surface area contributed by atoms with Gasteiger partial charge in [-0.3, -0.25) is 0 Å². The third-order valence-electron chi connectivity index (χ3n) is 6.02. The molecule has 0 radical (unpaired) electrons. The van der Waals surface area contributed by atoms with E-state index in [4.69, 9.17) is 11.6 Å². The van der Waals surface area contributed by atoms with Crippen molar-refractivity contribution in [1.82, 2.24) is 0 Å². The van der Waals surface area contributed by atoms with Crippen LogP contribution in [0, 0.1) is 0 Å². The molecule has 0 bridgehead atoms. The van der Waals surface area contributed by atoms with E-state index in [9.17, 15) is 0 Å². The average Bonchev–Trinajstić information content (AvgIpc) is 3.16. The molecule has 1 atom stereocenters. The van der Waals surface area contributed by atoms with Crippen molar-refractivity contribution in [3.05, 3.63) is 117 Å². The third-order valence-corrected chi connectivity index (χ3v) is 6.82. The second-order valence-electron chi connectivity index (χ2n) is 7.19. The molecule has 4 aromatic rings. The van der Waals surface area contributed by atoms with Gasteiger partial charge in [-0.25, -0.2) is 0 Å². The molecule has 1 unspecified atom stereocenters. The van der Waals surface area contributed by atoms with Gasteiger partial charge in [-0.1, -0.05) is 94.3 Å². The molecular weight excluding hydrogens is 416 g/mol. The molecule has 0 saturated heterocycles. The number of hydrogen-bond donors (Lipinski definition) is 0. The minimum atomic E-state index is -0.361. The second kappa shape index (κ2) is 5.34. The highest BCUT2D eigenvalue weighted by atomic mass is 79.9. The summed E-state index contributed by atoms with van der Waals surface area (Å²) < 4.78 is 1.09. The van der Waals surface area contributed by atoms with Crippen LogP contribution in [-0.4, -0.2) is 0 Å². The van der Waals surface area contributed by atoms with Gasteiger partial charge in [-0.15, -0.1) is 0 Å². The fourth-order valence-electron chi connectivity index (χ4n) is 5.12. The van der Waals surface area contributed by atoms with E-state index in [1.54, 1.807) is 0 Å². The van der Waals surface area contributed by atoms with Crippen LogP contribution in [0.3, 0.4) is 0 Å². The molecule has 0 N–H and O–H groups in total. The van der Waals surface area contributed by atoms with Crippen molar-refractivity contribution >= 4 is 27.5 Å². The van der Waals surface area contributed by atoms with Gasteiger partial charge in [0.05, 0.1) is 5.41 Å².